The van der Waals surface area contributed by atoms with Crippen molar-refractivity contribution in [3.05, 3.63) is 35.9 Å². The van der Waals surface area contributed by atoms with Crippen LogP contribution in [0.1, 0.15) is 18.4 Å². The maximum Gasteiger partial charge on any atom is 0.0431 e. The van der Waals surface area contributed by atoms with Crippen molar-refractivity contribution in [2.75, 3.05) is 13.2 Å². The molecule has 0 aliphatic carbocycles. The molecule has 0 spiro atoms. The second-order valence-electron chi connectivity index (χ2n) is 3.20. The molecule has 0 atom stereocenters. The first kappa shape index (κ1) is 11.2. The predicted octanol–water partition coefficient (Wildman–Crippen LogP) is 1.05. The molecule has 0 aliphatic heterocycles. The fourth-order valence-corrected chi connectivity index (χ4v) is 1.17. The number of rotatable bonds is 7. The fourth-order valence-electron chi connectivity index (χ4n) is 1.17. The first-order valence-electron chi connectivity index (χ1n) is 5.04. The number of unbranched alkanes of at least 4 members (excludes halogenated alkanes) is 1. The fraction of sp³-hybridized carbons (Fsp3) is 0.455. The maximum atomic E-state index is 8.55. The van der Waals surface area contributed by atoms with Crippen LogP contribution in [0.15, 0.2) is 30.3 Å². The minimum absolute atomic E-state index is 0.278. The summed E-state index contributed by atoms with van der Waals surface area (Å²) in [7, 11) is 0. The normalized spacial score (nSPS) is 10.4. The lowest BCUT2D eigenvalue weighted by molar-refractivity contribution is 0.282. The Morgan fingerprint density at radius 3 is 2.50 bits per heavy atom. The standard InChI is InChI=1S/C11H18N2O/c14-9-5-4-8-12-13-10-11-6-2-1-3-7-11/h1-3,6-7,12-14H,4-5,8-10H2. The molecule has 0 aliphatic rings. The molecule has 0 saturated carbocycles. The lowest BCUT2D eigenvalue weighted by atomic mass is 10.2. The van der Waals surface area contributed by atoms with E-state index in [2.05, 4.69) is 23.0 Å². The van der Waals surface area contributed by atoms with E-state index in [1.165, 1.54) is 5.56 Å². The highest BCUT2D eigenvalue weighted by atomic mass is 16.2. The van der Waals surface area contributed by atoms with Crippen molar-refractivity contribution < 1.29 is 5.11 Å². The number of aliphatic hydroxyl groups excluding tert-OH is 1. The van der Waals surface area contributed by atoms with Gasteiger partial charge in [-0.2, -0.15) is 0 Å². The van der Waals surface area contributed by atoms with Gasteiger partial charge in [0.05, 0.1) is 0 Å². The molecule has 78 valence electrons. The van der Waals surface area contributed by atoms with Crippen molar-refractivity contribution >= 4 is 0 Å². The monoisotopic (exact) mass is 194 g/mol. The molecule has 0 heterocycles. The zero-order valence-electron chi connectivity index (χ0n) is 8.37. The third-order valence-electron chi connectivity index (χ3n) is 1.97. The molecule has 1 rings (SSSR count). The summed E-state index contributed by atoms with van der Waals surface area (Å²) >= 11 is 0. The Morgan fingerprint density at radius 1 is 1.00 bits per heavy atom. The van der Waals surface area contributed by atoms with Crippen molar-refractivity contribution in [3.63, 3.8) is 0 Å². The molecule has 1 aromatic carbocycles. The highest BCUT2D eigenvalue weighted by Crippen LogP contribution is 1.96. The van der Waals surface area contributed by atoms with Crippen molar-refractivity contribution in [3.8, 4) is 0 Å². The first-order chi connectivity index (χ1) is 6.93. The third-order valence-corrected chi connectivity index (χ3v) is 1.97. The van der Waals surface area contributed by atoms with E-state index in [1.54, 1.807) is 0 Å². The van der Waals surface area contributed by atoms with Crippen LogP contribution in [0.25, 0.3) is 0 Å². The van der Waals surface area contributed by atoms with Gasteiger partial charge in [0, 0.05) is 19.7 Å². The second-order valence-corrected chi connectivity index (χ2v) is 3.20. The van der Waals surface area contributed by atoms with Gasteiger partial charge in [-0.25, -0.2) is 0 Å². The van der Waals surface area contributed by atoms with Gasteiger partial charge >= 0.3 is 0 Å². The van der Waals surface area contributed by atoms with Gasteiger partial charge in [0.1, 0.15) is 0 Å². The second kappa shape index (κ2) is 7.50. The van der Waals surface area contributed by atoms with Crippen molar-refractivity contribution in [2.24, 2.45) is 0 Å². The maximum absolute atomic E-state index is 8.55. The molecule has 0 saturated heterocycles. The van der Waals surface area contributed by atoms with E-state index in [0.717, 1.165) is 25.9 Å². The number of nitrogens with one attached hydrogen (secondary N) is 2. The van der Waals surface area contributed by atoms with Crippen LogP contribution in [0.3, 0.4) is 0 Å². The summed E-state index contributed by atoms with van der Waals surface area (Å²) in [5.74, 6) is 0. The van der Waals surface area contributed by atoms with Crippen molar-refractivity contribution in [1.82, 2.24) is 10.9 Å². The van der Waals surface area contributed by atoms with Gasteiger partial charge in [-0.1, -0.05) is 30.3 Å². The molecule has 14 heavy (non-hydrogen) atoms. The summed E-state index contributed by atoms with van der Waals surface area (Å²) in [5, 5.41) is 8.55. The van der Waals surface area contributed by atoms with Crippen molar-refractivity contribution in [2.45, 2.75) is 19.4 Å². The zero-order valence-corrected chi connectivity index (χ0v) is 8.37. The van der Waals surface area contributed by atoms with E-state index >= 15 is 0 Å². The van der Waals surface area contributed by atoms with Crippen LogP contribution in [-0.4, -0.2) is 18.3 Å². The average molecular weight is 194 g/mol. The lowest BCUT2D eigenvalue weighted by Crippen LogP contribution is -2.31. The molecule has 3 nitrogen and oxygen atoms in total. The Labute approximate surface area is 85.1 Å². The number of hydrogen-bond donors (Lipinski definition) is 3. The Hall–Kier alpha value is -0.900. The quantitative estimate of drug-likeness (QED) is 0.449. The van der Waals surface area contributed by atoms with Crippen molar-refractivity contribution in [1.29, 1.82) is 0 Å². The largest absolute Gasteiger partial charge is 0.396 e. The summed E-state index contributed by atoms with van der Waals surface area (Å²) in [4.78, 5) is 0. The average Bonchev–Trinajstić information content (AvgIpc) is 2.25. The van der Waals surface area contributed by atoms with Gasteiger partial charge < -0.3 is 5.11 Å². The first-order valence-corrected chi connectivity index (χ1v) is 5.04. The van der Waals surface area contributed by atoms with E-state index in [-0.39, 0.29) is 6.61 Å². The van der Waals surface area contributed by atoms with Crippen LogP contribution >= 0.6 is 0 Å². The molecule has 0 fully saturated rings. The highest BCUT2D eigenvalue weighted by Gasteiger charge is 1.89. The summed E-state index contributed by atoms with van der Waals surface area (Å²) in [6.07, 6.45) is 1.86. The SMILES string of the molecule is OCCCCNNCc1ccccc1. The van der Waals surface area contributed by atoms with E-state index in [1.807, 2.05) is 18.2 Å². The Kier molecular flexibility index (Phi) is 5.99. The molecule has 1 aromatic rings. The van der Waals surface area contributed by atoms with Gasteiger partial charge in [0.2, 0.25) is 0 Å². The molecule has 3 heteroatoms. The van der Waals surface area contributed by atoms with E-state index in [9.17, 15) is 0 Å². The van der Waals surface area contributed by atoms with Gasteiger partial charge in [0.25, 0.3) is 0 Å². The van der Waals surface area contributed by atoms with Gasteiger partial charge in [0.15, 0.2) is 0 Å². The summed E-state index contributed by atoms with van der Waals surface area (Å²) in [6, 6.07) is 10.2. The van der Waals surface area contributed by atoms with E-state index in [4.69, 9.17) is 5.11 Å². The van der Waals surface area contributed by atoms with Gasteiger partial charge in [-0.3, -0.25) is 10.9 Å². The predicted molar refractivity (Wildman–Crippen MR) is 57.6 cm³/mol. The smallest absolute Gasteiger partial charge is 0.0431 e. The Morgan fingerprint density at radius 2 is 1.79 bits per heavy atom. The highest BCUT2D eigenvalue weighted by molar-refractivity contribution is 5.13. The van der Waals surface area contributed by atoms with Crippen LogP contribution in [-0.2, 0) is 6.54 Å². The van der Waals surface area contributed by atoms with Crippen LogP contribution in [0, 0.1) is 0 Å². The van der Waals surface area contributed by atoms with Gasteiger partial charge in [-0.15, -0.1) is 0 Å². The van der Waals surface area contributed by atoms with Crippen LogP contribution in [0.4, 0.5) is 0 Å². The zero-order chi connectivity index (χ0) is 10.1. The van der Waals surface area contributed by atoms with Crippen LogP contribution < -0.4 is 10.9 Å². The number of aliphatic hydroxyl groups is 1. The van der Waals surface area contributed by atoms with Gasteiger partial charge in [-0.05, 0) is 18.4 Å². The summed E-state index contributed by atoms with van der Waals surface area (Å²) < 4.78 is 0. The number of benzene rings is 1. The molecule has 0 aromatic heterocycles. The molecular weight excluding hydrogens is 176 g/mol. The number of hydrazine groups is 1. The lowest BCUT2D eigenvalue weighted by Gasteiger charge is -2.06. The van der Waals surface area contributed by atoms with Crippen LogP contribution in [0.5, 0.6) is 0 Å². The third kappa shape index (κ3) is 4.97. The minimum Gasteiger partial charge on any atom is -0.396 e. The molecule has 0 amide bonds. The molecule has 0 unspecified atom stereocenters. The summed E-state index contributed by atoms with van der Waals surface area (Å²) in [5.41, 5.74) is 7.50. The topological polar surface area (TPSA) is 44.3 Å². The molecule has 3 N–H and O–H groups in total. The summed E-state index contributed by atoms with van der Waals surface area (Å²) in [6.45, 7) is 2.01. The molecular formula is C11H18N2O. The Balaban J connectivity index is 1.99. The number of hydrogen-bond acceptors (Lipinski definition) is 3. The minimum atomic E-state index is 0.278. The molecule has 0 bridgehead atoms. The Bertz CT molecular complexity index is 226. The molecule has 0 radical (unpaired) electrons. The van der Waals surface area contributed by atoms with Crippen LogP contribution in [0.2, 0.25) is 0 Å². The van der Waals surface area contributed by atoms with E-state index in [0.29, 0.717) is 0 Å². The van der Waals surface area contributed by atoms with E-state index < -0.39 is 0 Å².